The van der Waals surface area contributed by atoms with Crippen molar-refractivity contribution in [2.75, 3.05) is 13.1 Å². The molecule has 8 heteroatoms. The highest BCUT2D eigenvalue weighted by molar-refractivity contribution is 5.89. The summed E-state index contributed by atoms with van der Waals surface area (Å²) in [6.45, 7) is -1.48. The molecule has 0 bridgehead atoms. The molecule has 1 aromatic carbocycles. The van der Waals surface area contributed by atoms with Crippen molar-refractivity contribution in [3.8, 4) is 0 Å². The van der Waals surface area contributed by atoms with Crippen molar-refractivity contribution in [1.29, 1.82) is 0 Å². The number of esters is 1. The van der Waals surface area contributed by atoms with E-state index in [0.29, 0.717) is 12.8 Å². The maximum absolute atomic E-state index is 13.2. The van der Waals surface area contributed by atoms with E-state index in [2.05, 4.69) is 0 Å². The molecule has 0 aromatic heterocycles. The van der Waals surface area contributed by atoms with Crippen molar-refractivity contribution in [3.05, 3.63) is 35.9 Å². The number of nitrogens with zero attached hydrogens (tertiary/aromatic N) is 1. The van der Waals surface area contributed by atoms with Gasteiger partial charge in [-0.3, -0.25) is 4.90 Å². The molecule has 3 nitrogen and oxygen atoms in total. The van der Waals surface area contributed by atoms with Gasteiger partial charge in [0, 0.05) is 6.54 Å². The second-order valence-corrected chi connectivity index (χ2v) is 5.39. The second-order valence-electron chi connectivity index (χ2n) is 5.39. The van der Waals surface area contributed by atoms with Gasteiger partial charge in [-0.25, -0.2) is 4.79 Å². The number of halogens is 5. The van der Waals surface area contributed by atoms with Gasteiger partial charge in [0.25, 0.3) is 0 Å². The Morgan fingerprint density at radius 1 is 1.13 bits per heavy atom. The number of benzene rings is 1. The van der Waals surface area contributed by atoms with Gasteiger partial charge < -0.3 is 4.74 Å². The Labute approximate surface area is 130 Å². The van der Waals surface area contributed by atoms with Crippen LogP contribution in [0.25, 0.3) is 0 Å². The van der Waals surface area contributed by atoms with Crippen LogP contribution in [0, 0.1) is 0 Å². The molecule has 1 atom stereocenters. The van der Waals surface area contributed by atoms with Gasteiger partial charge >= 0.3 is 18.1 Å². The lowest BCUT2D eigenvalue weighted by molar-refractivity contribution is -0.291. The summed E-state index contributed by atoms with van der Waals surface area (Å²) in [5.41, 5.74) is 0.223. The number of hydrogen-bond acceptors (Lipinski definition) is 3. The molecular formula is C15H16F5NO2. The molecule has 0 spiro atoms. The molecule has 1 unspecified atom stereocenters. The number of carbonyl (C=O) groups excluding carboxylic acids is 1. The Morgan fingerprint density at radius 3 is 2.39 bits per heavy atom. The van der Waals surface area contributed by atoms with Gasteiger partial charge in [-0.05, 0) is 31.4 Å². The minimum Gasteiger partial charge on any atom is -0.443 e. The first-order valence-electron chi connectivity index (χ1n) is 7.15. The van der Waals surface area contributed by atoms with Gasteiger partial charge in [-0.15, -0.1) is 0 Å². The number of ether oxygens (including phenoxy) is 1. The van der Waals surface area contributed by atoms with Crippen molar-refractivity contribution in [2.45, 2.75) is 37.6 Å². The Kier molecular flexibility index (Phi) is 5.23. The average molecular weight is 337 g/mol. The summed E-state index contributed by atoms with van der Waals surface area (Å²) in [6.07, 6.45) is -5.40. The van der Waals surface area contributed by atoms with Crippen LogP contribution in [0.15, 0.2) is 30.3 Å². The molecule has 1 aliphatic heterocycles. The molecule has 0 N–H and O–H groups in total. The van der Waals surface area contributed by atoms with Crippen LogP contribution in [-0.4, -0.2) is 42.3 Å². The van der Waals surface area contributed by atoms with E-state index < -0.39 is 30.8 Å². The lowest BCUT2D eigenvalue weighted by Gasteiger charge is -2.37. The van der Waals surface area contributed by atoms with Crippen LogP contribution in [0.3, 0.4) is 0 Å². The first kappa shape index (κ1) is 17.7. The third kappa shape index (κ3) is 4.40. The molecule has 1 aliphatic rings. The monoisotopic (exact) mass is 337 g/mol. The number of carbonyl (C=O) groups is 1. The Hall–Kier alpha value is -1.70. The molecule has 0 aliphatic carbocycles. The summed E-state index contributed by atoms with van der Waals surface area (Å²) in [5, 5.41) is 0. The van der Waals surface area contributed by atoms with E-state index in [-0.39, 0.29) is 18.5 Å². The SMILES string of the molecule is O=C(OC1CCCCN1CC(F)(F)C(F)(F)F)c1ccccc1. The number of rotatable bonds is 4. The highest BCUT2D eigenvalue weighted by Gasteiger charge is 2.58. The summed E-state index contributed by atoms with van der Waals surface area (Å²) in [4.78, 5) is 12.8. The van der Waals surface area contributed by atoms with E-state index in [1.165, 1.54) is 12.1 Å². The van der Waals surface area contributed by atoms with E-state index in [4.69, 9.17) is 4.74 Å². The van der Waals surface area contributed by atoms with E-state index in [1.807, 2.05) is 0 Å². The van der Waals surface area contributed by atoms with Crippen LogP contribution in [-0.2, 0) is 4.74 Å². The fourth-order valence-corrected chi connectivity index (χ4v) is 2.39. The molecule has 0 saturated carbocycles. The normalized spacial score (nSPS) is 20.3. The average Bonchev–Trinajstić information content (AvgIpc) is 2.48. The molecule has 0 radical (unpaired) electrons. The van der Waals surface area contributed by atoms with Crippen LogP contribution < -0.4 is 0 Å². The van der Waals surface area contributed by atoms with Crippen LogP contribution in [0.2, 0.25) is 0 Å². The second kappa shape index (κ2) is 6.82. The maximum Gasteiger partial charge on any atom is 0.454 e. The van der Waals surface area contributed by atoms with Crippen molar-refractivity contribution < 1.29 is 31.5 Å². The largest absolute Gasteiger partial charge is 0.454 e. The Bertz CT molecular complexity index is 532. The summed E-state index contributed by atoms with van der Waals surface area (Å²) in [5.74, 6) is -5.58. The van der Waals surface area contributed by atoms with Gasteiger partial charge in [0.15, 0.2) is 6.23 Å². The fraction of sp³-hybridized carbons (Fsp3) is 0.533. The van der Waals surface area contributed by atoms with E-state index in [1.54, 1.807) is 18.2 Å². The Balaban J connectivity index is 2.05. The summed E-state index contributed by atoms with van der Waals surface area (Å²) in [7, 11) is 0. The standard InChI is InChI=1S/C15H16F5NO2/c16-14(17,15(18,19)20)10-21-9-5-4-8-12(21)23-13(22)11-6-2-1-3-7-11/h1-3,6-7,12H,4-5,8-10H2. The van der Waals surface area contributed by atoms with Gasteiger partial charge in [-0.2, -0.15) is 22.0 Å². The maximum atomic E-state index is 13.2. The molecular weight excluding hydrogens is 321 g/mol. The molecule has 1 heterocycles. The van der Waals surface area contributed by atoms with E-state index >= 15 is 0 Å². The highest BCUT2D eigenvalue weighted by Crippen LogP contribution is 2.37. The van der Waals surface area contributed by atoms with E-state index in [0.717, 1.165) is 4.90 Å². The summed E-state index contributed by atoms with van der Waals surface area (Å²) >= 11 is 0. The first-order chi connectivity index (χ1) is 10.7. The van der Waals surface area contributed by atoms with Gasteiger partial charge in [0.2, 0.25) is 0 Å². The van der Waals surface area contributed by atoms with Crippen LogP contribution in [0.5, 0.6) is 0 Å². The minimum absolute atomic E-state index is 0.0262. The molecule has 1 saturated heterocycles. The third-order valence-electron chi connectivity index (χ3n) is 3.62. The predicted molar refractivity (Wildman–Crippen MR) is 72.1 cm³/mol. The van der Waals surface area contributed by atoms with Crippen molar-refractivity contribution >= 4 is 5.97 Å². The highest BCUT2D eigenvalue weighted by atomic mass is 19.4. The third-order valence-corrected chi connectivity index (χ3v) is 3.62. The smallest absolute Gasteiger partial charge is 0.443 e. The quantitative estimate of drug-likeness (QED) is 0.617. The van der Waals surface area contributed by atoms with E-state index in [9.17, 15) is 26.7 Å². The number of likely N-dealkylation sites (tertiary alicyclic amines) is 1. The molecule has 23 heavy (non-hydrogen) atoms. The van der Waals surface area contributed by atoms with Crippen LogP contribution in [0.4, 0.5) is 22.0 Å². The Morgan fingerprint density at radius 2 is 1.78 bits per heavy atom. The van der Waals surface area contributed by atoms with Gasteiger partial charge in [0.05, 0.1) is 12.1 Å². The molecule has 2 rings (SSSR count). The molecule has 0 amide bonds. The lowest BCUT2D eigenvalue weighted by Crippen LogP contribution is -2.52. The van der Waals surface area contributed by atoms with Gasteiger partial charge in [-0.1, -0.05) is 18.2 Å². The van der Waals surface area contributed by atoms with Crippen LogP contribution >= 0.6 is 0 Å². The predicted octanol–water partition coefficient (Wildman–Crippen LogP) is 3.85. The summed E-state index contributed by atoms with van der Waals surface area (Å²) < 4.78 is 68.7. The first-order valence-corrected chi connectivity index (χ1v) is 7.15. The minimum atomic E-state index is -5.63. The van der Waals surface area contributed by atoms with Crippen molar-refractivity contribution in [1.82, 2.24) is 4.90 Å². The zero-order valence-electron chi connectivity index (χ0n) is 12.2. The van der Waals surface area contributed by atoms with Crippen LogP contribution in [0.1, 0.15) is 29.6 Å². The molecule has 1 fully saturated rings. The number of hydrogen-bond donors (Lipinski definition) is 0. The summed E-state index contributed by atoms with van der Waals surface area (Å²) in [6, 6.07) is 7.87. The lowest BCUT2D eigenvalue weighted by atomic mass is 10.1. The molecule has 128 valence electrons. The van der Waals surface area contributed by atoms with Crippen molar-refractivity contribution in [3.63, 3.8) is 0 Å². The van der Waals surface area contributed by atoms with Gasteiger partial charge in [0.1, 0.15) is 0 Å². The molecule has 1 aromatic rings. The topological polar surface area (TPSA) is 29.5 Å². The fourth-order valence-electron chi connectivity index (χ4n) is 2.39. The number of piperidine rings is 1. The zero-order chi connectivity index (χ0) is 17.1. The van der Waals surface area contributed by atoms with Crippen molar-refractivity contribution in [2.24, 2.45) is 0 Å². The zero-order valence-corrected chi connectivity index (χ0v) is 12.2. The number of alkyl halides is 5.